The number of hydrogen-bond donors (Lipinski definition) is 1. The Morgan fingerprint density at radius 2 is 2.11 bits per heavy atom. The van der Waals surface area contributed by atoms with Gasteiger partial charge < -0.3 is 5.32 Å². The molecule has 0 amide bonds. The number of rotatable bonds is 4. The lowest BCUT2D eigenvalue weighted by molar-refractivity contribution is 0.502. The molecule has 1 atom stereocenters. The largest absolute Gasteiger partial charge is 0.361 e. The van der Waals surface area contributed by atoms with Crippen molar-refractivity contribution in [3.05, 3.63) is 34.3 Å². The van der Waals surface area contributed by atoms with Gasteiger partial charge in [0, 0.05) is 16.3 Å². The van der Waals surface area contributed by atoms with E-state index in [1.54, 1.807) is 0 Å². The lowest BCUT2D eigenvalue weighted by Gasteiger charge is -2.11. The molecule has 0 aliphatic carbocycles. The van der Waals surface area contributed by atoms with E-state index in [1.165, 1.54) is 12.0 Å². The number of halogens is 1. The number of aliphatic imine (C=N–C) groups is 1. The summed E-state index contributed by atoms with van der Waals surface area (Å²) in [6.07, 6.45) is 1.23. The van der Waals surface area contributed by atoms with E-state index in [0.29, 0.717) is 6.04 Å². The summed E-state index contributed by atoms with van der Waals surface area (Å²) >= 11 is 5.29. The van der Waals surface area contributed by atoms with Gasteiger partial charge in [0.05, 0.1) is 6.54 Å². The van der Waals surface area contributed by atoms with Gasteiger partial charge in [-0.25, -0.2) is 0 Å². The minimum absolute atomic E-state index is 0.596. The Kier molecular flexibility index (Phi) is 5.13. The van der Waals surface area contributed by atoms with Crippen LogP contribution in [0, 0.1) is 5.92 Å². The summed E-state index contributed by atoms with van der Waals surface area (Å²) < 4.78 is 1.12. The summed E-state index contributed by atoms with van der Waals surface area (Å²) in [4.78, 5) is 4.63. The number of nitrogens with one attached hydrogen (secondary N) is 1. The Labute approximate surface area is 122 Å². The quantitative estimate of drug-likeness (QED) is 0.902. The monoisotopic (exact) mass is 326 g/mol. The topological polar surface area (TPSA) is 24.4 Å². The lowest BCUT2D eigenvalue weighted by atomic mass is 10.1. The van der Waals surface area contributed by atoms with Crippen LogP contribution in [0.25, 0.3) is 0 Å². The Bertz CT molecular complexity index is 414. The van der Waals surface area contributed by atoms with Gasteiger partial charge in [0.2, 0.25) is 0 Å². The molecule has 98 valence electrons. The molecule has 0 aromatic heterocycles. The van der Waals surface area contributed by atoms with E-state index in [2.05, 4.69) is 64.4 Å². The first-order valence-corrected chi connectivity index (χ1v) is 8.09. The van der Waals surface area contributed by atoms with Gasteiger partial charge in [-0.3, -0.25) is 4.99 Å². The third kappa shape index (κ3) is 4.32. The first-order valence-electron chi connectivity index (χ1n) is 6.31. The normalized spacial score (nSPS) is 21.6. The number of hydrogen-bond acceptors (Lipinski definition) is 2. The van der Waals surface area contributed by atoms with Crippen molar-refractivity contribution in [1.82, 2.24) is 5.32 Å². The molecule has 4 heteroatoms. The Morgan fingerprint density at radius 3 is 2.78 bits per heavy atom. The summed E-state index contributed by atoms with van der Waals surface area (Å²) in [5.41, 5.74) is 1.25. The molecule has 1 aromatic rings. The van der Waals surface area contributed by atoms with Crippen molar-refractivity contribution in [1.29, 1.82) is 0 Å². The van der Waals surface area contributed by atoms with Crippen LogP contribution >= 0.6 is 27.7 Å². The van der Waals surface area contributed by atoms with Crippen molar-refractivity contribution < 1.29 is 0 Å². The summed E-state index contributed by atoms with van der Waals surface area (Å²) in [6, 6.07) is 8.94. The number of nitrogens with zero attached hydrogens (tertiary/aromatic N) is 1. The van der Waals surface area contributed by atoms with Crippen molar-refractivity contribution in [2.75, 3.05) is 5.75 Å². The summed E-state index contributed by atoms with van der Waals surface area (Å²) in [5, 5.41) is 4.61. The second kappa shape index (κ2) is 6.62. The van der Waals surface area contributed by atoms with Crippen molar-refractivity contribution in [2.45, 2.75) is 32.9 Å². The van der Waals surface area contributed by atoms with Crippen molar-refractivity contribution >= 4 is 32.9 Å². The minimum Gasteiger partial charge on any atom is -0.361 e. The van der Waals surface area contributed by atoms with Crippen LogP contribution in [-0.2, 0) is 6.54 Å². The average molecular weight is 327 g/mol. The SMILES string of the molecule is CC(C)CC1CSC(=NCc2ccc(Br)cc2)N1. The van der Waals surface area contributed by atoms with Crippen molar-refractivity contribution in [3.8, 4) is 0 Å². The van der Waals surface area contributed by atoms with Crippen LogP contribution in [0.5, 0.6) is 0 Å². The summed E-state index contributed by atoms with van der Waals surface area (Å²) in [7, 11) is 0. The van der Waals surface area contributed by atoms with E-state index in [0.717, 1.165) is 27.9 Å². The maximum absolute atomic E-state index is 4.63. The first-order chi connectivity index (χ1) is 8.63. The zero-order valence-corrected chi connectivity index (χ0v) is 13.2. The zero-order valence-electron chi connectivity index (χ0n) is 10.8. The van der Waals surface area contributed by atoms with E-state index < -0.39 is 0 Å². The second-order valence-electron chi connectivity index (χ2n) is 5.03. The highest BCUT2D eigenvalue weighted by molar-refractivity contribution is 9.10. The minimum atomic E-state index is 0.596. The highest BCUT2D eigenvalue weighted by atomic mass is 79.9. The van der Waals surface area contributed by atoms with Crippen LogP contribution in [-0.4, -0.2) is 17.0 Å². The smallest absolute Gasteiger partial charge is 0.157 e. The maximum Gasteiger partial charge on any atom is 0.157 e. The van der Waals surface area contributed by atoms with E-state index in [4.69, 9.17) is 0 Å². The molecule has 1 saturated heterocycles. The molecule has 1 aliphatic heterocycles. The highest BCUT2D eigenvalue weighted by Crippen LogP contribution is 2.19. The Morgan fingerprint density at radius 1 is 1.39 bits per heavy atom. The molecule has 1 fully saturated rings. The van der Waals surface area contributed by atoms with Gasteiger partial charge in [-0.2, -0.15) is 0 Å². The summed E-state index contributed by atoms with van der Waals surface area (Å²) in [6.45, 7) is 5.30. The molecule has 1 aliphatic rings. The van der Waals surface area contributed by atoms with Gasteiger partial charge in [-0.15, -0.1) is 0 Å². The fourth-order valence-electron chi connectivity index (χ4n) is 1.98. The average Bonchev–Trinajstić information content (AvgIpc) is 2.75. The maximum atomic E-state index is 4.63. The molecule has 0 bridgehead atoms. The van der Waals surface area contributed by atoms with Gasteiger partial charge in [0.15, 0.2) is 5.17 Å². The molecule has 1 N–H and O–H groups in total. The van der Waals surface area contributed by atoms with Gasteiger partial charge in [0.1, 0.15) is 0 Å². The van der Waals surface area contributed by atoms with Gasteiger partial charge in [-0.05, 0) is 30.0 Å². The Hall–Kier alpha value is -0.480. The number of benzene rings is 1. The molecule has 18 heavy (non-hydrogen) atoms. The molecule has 1 heterocycles. The van der Waals surface area contributed by atoms with Crippen molar-refractivity contribution in [3.63, 3.8) is 0 Å². The van der Waals surface area contributed by atoms with Crippen LogP contribution in [0.3, 0.4) is 0 Å². The van der Waals surface area contributed by atoms with Crippen LogP contribution in [0.4, 0.5) is 0 Å². The number of amidine groups is 1. The molecule has 0 radical (unpaired) electrons. The molecule has 0 spiro atoms. The van der Waals surface area contributed by atoms with Crippen LogP contribution in [0.1, 0.15) is 25.8 Å². The van der Waals surface area contributed by atoms with Crippen LogP contribution in [0.15, 0.2) is 33.7 Å². The van der Waals surface area contributed by atoms with E-state index >= 15 is 0 Å². The van der Waals surface area contributed by atoms with Crippen molar-refractivity contribution in [2.24, 2.45) is 10.9 Å². The molecule has 2 rings (SSSR count). The third-order valence-corrected chi connectivity index (χ3v) is 4.44. The molecular weight excluding hydrogens is 308 g/mol. The predicted molar refractivity (Wildman–Crippen MR) is 84.1 cm³/mol. The van der Waals surface area contributed by atoms with E-state index in [9.17, 15) is 0 Å². The first kappa shape index (κ1) is 13.9. The zero-order chi connectivity index (χ0) is 13.0. The van der Waals surface area contributed by atoms with Crippen LogP contribution < -0.4 is 5.32 Å². The fourth-order valence-corrected chi connectivity index (χ4v) is 3.23. The van der Waals surface area contributed by atoms with Gasteiger partial charge in [-0.1, -0.05) is 53.7 Å². The lowest BCUT2D eigenvalue weighted by Crippen LogP contribution is -2.28. The summed E-state index contributed by atoms with van der Waals surface area (Å²) in [5.74, 6) is 1.89. The molecule has 1 aromatic carbocycles. The highest BCUT2D eigenvalue weighted by Gasteiger charge is 2.20. The van der Waals surface area contributed by atoms with E-state index in [1.807, 2.05) is 11.8 Å². The molecule has 1 unspecified atom stereocenters. The van der Waals surface area contributed by atoms with Crippen LogP contribution in [0.2, 0.25) is 0 Å². The molecular formula is C14H19BrN2S. The van der Waals surface area contributed by atoms with E-state index in [-0.39, 0.29) is 0 Å². The number of thioether (sulfide) groups is 1. The standard InChI is InChI=1S/C14H19BrN2S/c1-10(2)7-13-9-18-14(17-13)16-8-11-3-5-12(15)6-4-11/h3-6,10,13H,7-9H2,1-2H3,(H,16,17). The fraction of sp³-hybridized carbons (Fsp3) is 0.500. The predicted octanol–water partition coefficient (Wildman–Crippen LogP) is 4.06. The van der Waals surface area contributed by atoms with Gasteiger partial charge in [0.25, 0.3) is 0 Å². The third-order valence-electron chi connectivity index (χ3n) is 2.82. The Balaban J connectivity index is 1.85. The molecule has 0 saturated carbocycles. The molecule has 2 nitrogen and oxygen atoms in total. The second-order valence-corrected chi connectivity index (χ2v) is 6.95. The van der Waals surface area contributed by atoms with Gasteiger partial charge >= 0.3 is 0 Å².